The van der Waals surface area contributed by atoms with Crippen LogP contribution in [0.1, 0.15) is 69.7 Å². The number of nitrogens with zero attached hydrogens (tertiary/aromatic N) is 7. The van der Waals surface area contributed by atoms with Crippen LogP contribution in [0.3, 0.4) is 0 Å². The van der Waals surface area contributed by atoms with Gasteiger partial charge in [0.25, 0.3) is 6.43 Å². The van der Waals surface area contributed by atoms with Crippen LogP contribution >= 0.6 is 11.8 Å². The number of rotatable bonds is 8. The van der Waals surface area contributed by atoms with Crippen molar-refractivity contribution in [3.8, 4) is 0 Å². The molecule has 0 spiro atoms. The van der Waals surface area contributed by atoms with E-state index in [1.54, 1.807) is 11.8 Å². The minimum absolute atomic E-state index is 0.187. The SMILES string of the molecule is Cn1c(SCCCN2CCN(c3cc(C(F)F)nc(C(C)(C)C)n3)CC2)nnc1C1CC1. The van der Waals surface area contributed by atoms with E-state index >= 15 is 0 Å². The summed E-state index contributed by atoms with van der Waals surface area (Å²) in [6.45, 7) is 10.2. The maximum absolute atomic E-state index is 13.4. The second-order valence-corrected chi connectivity index (χ2v) is 10.8. The fourth-order valence-corrected chi connectivity index (χ4v) is 4.70. The topological polar surface area (TPSA) is 63.0 Å². The monoisotopic (exact) mass is 465 g/mol. The molecule has 0 aromatic carbocycles. The summed E-state index contributed by atoms with van der Waals surface area (Å²) in [6.07, 6.45) is 0.955. The highest BCUT2D eigenvalue weighted by molar-refractivity contribution is 7.99. The second-order valence-electron chi connectivity index (χ2n) is 9.73. The van der Waals surface area contributed by atoms with E-state index in [-0.39, 0.29) is 11.1 Å². The molecule has 0 radical (unpaired) electrons. The fourth-order valence-electron chi connectivity index (χ4n) is 3.86. The van der Waals surface area contributed by atoms with Crippen LogP contribution in [-0.4, -0.2) is 68.1 Å². The number of alkyl halides is 2. The minimum atomic E-state index is -2.59. The average Bonchev–Trinajstić information content (AvgIpc) is 3.54. The third-order valence-electron chi connectivity index (χ3n) is 5.98. The van der Waals surface area contributed by atoms with Crippen molar-refractivity contribution in [2.75, 3.05) is 43.4 Å². The van der Waals surface area contributed by atoms with Crippen LogP contribution in [0.2, 0.25) is 0 Å². The Morgan fingerprint density at radius 2 is 1.81 bits per heavy atom. The summed E-state index contributed by atoms with van der Waals surface area (Å²) >= 11 is 1.77. The van der Waals surface area contributed by atoms with Gasteiger partial charge in [0.15, 0.2) is 5.16 Å². The van der Waals surface area contributed by atoms with Gasteiger partial charge >= 0.3 is 0 Å². The summed E-state index contributed by atoms with van der Waals surface area (Å²) in [5.41, 5.74) is -0.561. The summed E-state index contributed by atoms with van der Waals surface area (Å²) in [4.78, 5) is 13.3. The van der Waals surface area contributed by atoms with Crippen molar-refractivity contribution in [3.63, 3.8) is 0 Å². The summed E-state index contributed by atoms with van der Waals surface area (Å²) < 4.78 is 28.9. The smallest absolute Gasteiger partial charge is 0.280 e. The first kappa shape index (κ1) is 23.4. The lowest BCUT2D eigenvalue weighted by molar-refractivity contribution is 0.145. The number of hydrogen-bond acceptors (Lipinski definition) is 7. The molecule has 2 aliphatic rings. The van der Waals surface area contributed by atoms with Crippen LogP contribution in [0, 0.1) is 0 Å². The van der Waals surface area contributed by atoms with Crippen LogP contribution in [0.25, 0.3) is 0 Å². The molecule has 3 heterocycles. The highest BCUT2D eigenvalue weighted by atomic mass is 32.2. The Bertz CT molecular complexity index is 915. The van der Waals surface area contributed by atoms with E-state index in [2.05, 4.69) is 41.6 Å². The summed E-state index contributed by atoms with van der Waals surface area (Å²) in [7, 11) is 2.06. The van der Waals surface area contributed by atoms with E-state index in [0.717, 1.165) is 55.9 Å². The number of piperazine rings is 1. The molecule has 0 bridgehead atoms. The molecule has 1 saturated carbocycles. The van der Waals surface area contributed by atoms with Crippen molar-refractivity contribution in [1.29, 1.82) is 0 Å². The third kappa shape index (κ3) is 5.57. The number of aromatic nitrogens is 5. The number of hydrogen-bond donors (Lipinski definition) is 0. The van der Waals surface area contributed by atoms with Gasteiger partial charge in [-0.3, -0.25) is 4.90 Å². The first-order valence-electron chi connectivity index (χ1n) is 11.4. The van der Waals surface area contributed by atoms with E-state index in [9.17, 15) is 8.78 Å². The first-order chi connectivity index (χ1) is 15.2. The van der Waals surface area contributed by atoms with Crippen molar-refractivity contribution in [3.05, 3.63) is 23.4 Å². The predicted octanol–water partition coefficient (Wildman–Crippen LogP) is 4.02. The van der Waals surface area contributed by atoms with Gasteiger partial charge in [-0.05, 0) is 25.8 Å². The Kier molecular flexibility index (Phi) is 7.00. The van der Waals surface area contributed by atoms with E-state index in [1.165, 1.54) is 18.9 Å². The van der Waals surface area contributed by atoms with Gasteiger partial charge in [-0.2, -0.15) is 0 Å². The van der Waals surface area contributed by atoms with Gasteiger partial charge in [-0.1, -0.05) is 32.5 Å². The molecule has 2 aromatic heterocycles. The Balaban J connectivity index is 1.26. The molecule has 2 aromatic rings. The van der Waals surface area contributed by atoms with Crippen LogP contribution in [0.4, 0.5) is 14.6 Å². The van der Waals surface area contributed by atoms with Crippen LogP contribution in [-0.2, 0) is 12.5 Å². The van der Waals surface area contributed by atoms with Gasteiger partial charge in [0.2, 0.25) is 0 Å². The van der Waals surface area contributed by atoms with E-state index < -0.39 is 6.43 Å². The number of halogens is 2. The van der Waals surface area contributed by atoms with Gasteiger partial charge in [0, 0.05) is 56.4 Å². The maximum atomic E-state index is 13.4. The standard InChI is InChI=1S/C22H33F2N7S/c1-22(2,3)20-25-16(18(23)24)14-17(26-20)31-11-9-30(10-12-31)8-5-13-32-21-28-27-19(29(21)4)15-6-7-15/h14-15,18H,5-13H2,1-4H3. The van der Waals surface area contributed by atoms with Gasteiger partial charge in [0.05, 0.1) is 0 Å². The third-order valence-corrected chi connectivity index (χ3v) is 7.09. The van der Waals surface area contributed by atoms with Gasteiger partial charge < -0.3 is 9.47 Å². The molecule has 176 valence electrons. The lowest BCUT2D eigenvalue weighted by Gasteiger charge is -2.36. The molecule has 0 amide bonds. The van der Waals surface area contributed by atoms with Gasteiger partial charge in [0.1, 0.15) is 23.2 Å². The Morgan fingerprint density at radius 1 is 1.09 bits per heavy atom. The molecule has 7 nitrogen and oxygen atoms in total. The molecule has 10 heteroatoms. The number of thioether (sulfide) groups is 1. The van der Waals surface area contributed by atoms with Crippen molar-refractivity contribution in [1.82, 2.24) is 29.6 Å². The highest BCUT2D eigenvalue weighted by Crippen LogP contribution is 2.39. The van der Waals surface area contributed by atoms with Crippen LogP contribution in [0.15, 0.2) is 11.2 Å². The molecule has 1 aliphatic carbocycles. The summed E-state index contributed by atoms with van der Waals surface area (Å²) in [6, 6.07) is 1.45. The van der Waals surface area contributed by atoms with E-state index in [4.69, 9.17) is 0 Å². The zero-order valence-corrected chi connectivity index (χ0v) is 20.2. The van der Waals surface area contributed by atoms with Crippen LogP contribution in [0.5, 0.6) is 0 Å². The molecular formula is C22H33F2N7S. The molecule has 0 unspecified atom stereocenters. The van der Waals surface area contributed by atoms with Crippen molar-refractivity contribution >= 4 is 17.6 Å². The van der Waals surface area contributed by atoms with Crippen LogP contribution < -0.4 is 4.90 Å². The molecule has 1 aliphatic heterocycles. The molecule has 32 heavy (non-hydrogen) atoms. The Hall–Kier alpha value is -1.81. The molecule has 0 N–H and O–H groups in total. The lowest BCUT2D eigenvalue weighted by Crippen LogP contribution is -2.47. The fraction of sp³-hybridized carbons (Fsp3) is 0.727. The van der Waals surface area contributed by atoms with Crippen molar-refractivity contribution in [2.24, 2.45) is 7.05 Å². The van der Waals surface area contributed by atoms with Gasteiger partial charge in [-0.25, -0.2) is 18.7 Å². The lowest BCUT2D eigenvalue weighted by atomic mass is 9.95. The largest absolute Gasteiger partial charge is 0.354 e. The first-order valence-corrected chi connectivity index (χ1v) is 12.4. The normalized spacial score (nSPS) is 18.0. The Morgan fingerprint density at radius 3 is 2.44 bits per heavy atom. The van der Waals surface area contributed by atoms with Crippen molar-refractivity contribution in [2.45, 2.75) is 62.9 Å². The van der Waals surface area contributed by atoms with Crippen molar-refractivity contribution < 1.29 is 8.78 Å². The highest BCUT2D eigenvalue weighted by Gasteiger charge is 2.29. The molecule has 1 saturated heterocycles. The number of anilines is 1. The molecule has 0 atom stereocenters. The van der Waals surface area contributed by atoms with E-state index in [0.29, 0.717) is 17.6 Å². The zero-order chi connectivity index (χ0) is 22.9. The minimum Gasteiger partial charge on any atom is -0.354 e. The Labute approximate surface area is 193 Å². The summed E-state index contributed by atoms with van der Waals surface area (Å²) in [5, 5.41) is 9.68. The van der Waals surface area contributed by atoms with E-state index in [1.807, 2.05) is 20.8 Å². The zero-order valence-electron chi connectivity index (χ0n) is 19.4. The molecule has 2 fully saturated rings. The maximum Gasteiger partial charge on any atom is 0.280 e. The molecule has 4 rings (SSSR count). The average molecular weight is 466 g/mol. The summed E-state index contributed by atoms with van der Waals surface area (Å²) in [5.74, 6) is 3.83. The second kappa shape index (κ2) is 9.59. The molecular weight excluding hydrogens is 432 g/mol. The predicted molar refractivity (Wildman–Crippen MR) is 123 cm³/mol. The quantitative estimate of drug-likeness (QED) is 0.431. The van der Waals surface area contributed by atoms with Gasteiger partial charge in [-0.15, -0.1) is 10.2 Å².